The second-order valence-electron chi connectivity index (χ2n) is 4.31. The van der Waals surface area contributed by atoms with Crippen molar-refractivity contribution < 1.29 is 17.1 Å². The standard InChI is InChI=1S/C14H11.2BrH.Zr/c1-2-6-11(5-1)14-10-9-12-7-3-4-8-13(12)14;;;/h1-5,7-10H,6H2;2*1H;/q;;;+2/p-2. The topological polar surface area (TPSA) is 0 Å². The molecule has 0 N–H and O–H groups in total. The first-order chi connectivity index (χ1) is 8.25. The van der Waals surface area contributed by atoms with Gasteiger partial charge in [-0.1, -0.05) is 0 Å². The van der Waals surface area contributed by atoms with Gasteiger partial charge in [-0.25, -0.2) is 0 Å². The van der Waals surface area contributed by atoms with Crippen LogP contribution in [0.15, 0.2) is 54.1 Å². The van der Waals surface area contributed by atoms with Gasteiger partial charge >= 0.3 is 122 Å². The minimum atomic E-state index is -1.82. The van der Waals surface area contributed by atoms with Gasteiger partial charge in [-0.05, 0) is 0 Å². The van der Waals surface area contributed by atoms with Crippen molar-refractivity contribution in [3.63, 3.8) is 0 Å². The molecular formula is C14H11Br2Zr. The third-order valence-corrected chi connectivity index (χ3v) is 14.2. The molecule has 3 heteroatoms. The number of hydrogen-bond acceptors (Lipinski definition) is 0. The van der Waals surface area contributed by atoms with Crippen LogP contribution < -0.4 is 0 Å². The zero-order chi connectivity index (χ0) is 11.9. The molecular weight excluding hydrogens is 419 g/mol. The Morgan fingerprint density at radius 1 is 1.18 bits per heavy atom. The van der Waals surface area contributed by atoms with Gasteiger partial charge in [0, 0.05) is 0 Å². The van der Waals surface area contributed by atoms with Crippen molar-refractivity contribution in [3.05, 3.63) is 65.3 Å². The van der Waals surface area contributed by atoms with Crippen LogP contribution >= 0.6 is 24.4 Å². The molecule has 0 bridgehead atoms. The summed E-state index contributed by atoms with van der Waals surface area (Å²) in [4.78, 5) is 0. The second-order valence-corrected chi connectivity index (χ2v) is 23.2. The Kier molecular flexibility index (Phi) is 3.45. The SMILES string of the molecule is [Br][Zr]([Br])[C]1(C2=CC=CC2)C=Cc2ccccc21. The van der Waals surface area contributed by atoms with Crippen LogP contribution in [0.2, 0.25) is 0 Å². The van der Waals surface area contributed by atoms with E-state index in [1.165, 1.54) is 16.7 Å². The molecule has 3 rings (SSSR count). The Hall–Kier alpha value is 0.283. The van der Waals surface area contributed by atoms with Gasteiger partial charge in [-0.2, -0.15) is 0 Å². The number of benzene rings is 1. The molecule has 0 radical (unpaired) electrons. The van der Waals surface area contributed by atoms with E-state index in [0.29, 0.717) is 0 Å². The van der Waals surface area contributed by atoms with E-state index in [0.717, 1.165) is 6.42 Å². The Morgan fingerprint density at radius 2 is 2.00 bits per heavy atom. The number of fused-ring (bicyclic) bond motifs is 1. The molecule has 0 spiro atoms. The van der Waals surface area contributed by atoms with Gasteiger partial charge in [0.2, 0.25) is 0 Å². The molecule has 1 aromatic rings. The van der Waals surface area contributed by atoms with Gasteiger partial charge in [0.15, 0.2) is 0 Å². The summed E-state index contributed by atoms with van der Waals surface area (Å²) in [5, 5.41) is 0. The Balaban J connectivity index is 2.19. The van der Waals surface area contributed by atoms with Crippen LogP contribution in [0, 0.1) is 0 Å². The van der Waals surface area contributed by atoms with Crippen LogP contribution in [0.25, 0.3) is 6.08 Å². The van der Waals surface area contributed by atoms with Gasteiger partial charge < -0.3 is 0 Å². The van der Waals surface area contributed by atoms with Crippen molar-refractivity contribution >= 4 is 30.5 Å². The summed E-state index contributed by atoms with van der Waals surface area (Å²) < 4.78 is 0.155. The van der Waals surface area contributed by atoms with Crippen molar-refractivity contribution in [1.29, 1.82) is 0 Å². The third-order valence-electron chi connectivity index (χ3n) is 3.47. The van der Waals surface area contributed by atoms with Crippen molar-refractivity contribution in [1.82, 2.24) is 0 Å². The van der Waals surface area contributed by atoms with E-state index in [-0.39, 0.29) is 3.12 Å². The fraction of sp³-hybridized carbons (Fsp3) is 0.143. The molecule has 1 unspecified atom stereocenters. The molecule has 0 saturated carbocycles. The van der Waals surface area contributed by atoms with E-state index in [2.05, 4.69) is 79.1 Å². The predicted molar refractivity (Wildman–Crippen MR) is 76.8 cm³/mol. The normalized spacial score (nSPS) is 24.9. The maximum absolute atomic E-state index is 3.93. The Morgan fingerprint density at radius 3 is 2.71 bits per heavy atom. The number of hydrogen-bond donors (Lipinski definition) is 0. The van der Waals surface area contributed by atoms with Gasteiger partial charge in [0.05, 0.1) is 0 Å². The first-order valence-electron chi connectivity index (χ1n) is 5.58. The second kappa shape index (κ2) is 4.75. The van der Waals surface area contributed by atoms with E-state index in [9.17, 15) is 0 Å². The zero-order valence-corrected chi connectivity index (χ0v) is 14.8. The van der Waals surface area contributed by atoms with Crippen LogP contribution in [0.5, 0.6) is 0 Å². The van der Waals surface area contributed by atoms with E-state index in [1.807, 2.05) is 0 Å². The minimum absolute atomic E-state index is 0.155. The van der Waals surface area contributed by atoms with Gasteiger partial charge in [-0.3, -0.25) is 0 Å². The van der Waals surface area contributed by atoms with E-state index in [1.54, 1.807) is 0 Å². The van der Waals surface area contributed by atoms with Crippen LogP contribution in [0.4, 0.5) is 0 Å². The monoisotopic (exact) mass is 427 g/mol. The molecule has 1 atom stereocenters. The van der Waals surface area contributed by atoms with E-state index in [4.69, 9.17) is 0 Å². The maximum atomic E-state index is 3.93. The predicted octanol–water partition coefficient (Wildman–Crippen LogP) is 5.03. The van der Waals surface area contributed by atoms with Crippen LogP contribution in [-0.4, -0.2) is 0 Å². The molecule has 0 aromatic heterocycles. The molecule has 2 aliphatic carbocycles. The first kappa shape index (κ1) is 12.3. The molecule has 0 saturated heterocycles. The molecule has 0 aliphatic heterocycles. The summed E-state index contributed by atoms with van der Waals surface area (Å²) in [5.41, 5.74) is 4.37. The molecule has 0 heterocycles. The molecule has 85 valence electrons. The summed E-state index contributed by atoms with van der Waals surface area (Å²) in [7, 11) is 0. The summed E-state index contributed by atoms with van der Waals surface area (Å²) >= 11 is 6.05. The molecule has 0 nitrogen and oxygen atoms in total. The van der Waals surface area contributed by atoms with Crippen molar-refractivity contribution in [2.24, 2.45) is 0 Å². The van der Waals surface area contributed by atoms with Crippen molar-refractivity contribution in [3.8, 4) is 0 Å². The number of rotatable bonds is 2. The average molecular weight is 430 g/mol. The van der Waals surface area contributed by atoms with Gasteiger partial charge in [0.1, 0.15) is 0 Å². The third kappa shape index (κ3) is 1.86. The zero-order valence-electron chi connectivity index (χ0n) is 9.16. The fourth-order valence-corrected chi connectivity index (χ4v) is 12.3. The molecule has 0 amide bonds. The van der Waals surface area contributed by atoms with E-state index < -0.39 is 17.1 Å². The van der Waals surface area contributed by atoms with Crippen LogP contribution in [-0.2, 0) is 20.2 Å². The van der Waals surface area contributed by atoms with Gasteiger partial charge in [0.25, 0.3) is 0 Å². The fourth-order valence-electron chi connectivity index (χ4n) is 2.61. The van der Waals surface area contributed by atoms with Crippen molar-refractivity contribution in [2.75, 3.05) is 0 Å². The summed E-state index contributed by atoms with van der Waals surface area (Å²) in [6.07, 6.45) is 12.5. The molecule has 0 fully saturated rings. The molecule has 2 aliphatic rings. The molecule has 1 aromatic carbocycles. The summed E-state index contributed by atoms with van der Waals surface area (Å²) in [6, 6.07) is 8.75. The van der Waals surface area contributed by atoms with Crippen LogP contribution in [0.1, 0.15) is 17.5 Å². The molecule has 17 heavy (non-hydrogen) atoms. The van der Waals surface area contributed by atoms with Crippen LogP contribution in [0.3, 0.4) is 0 Å². The quantitative estimate of drug-likeness (QED) is 0.618. The van der Waals surface area contributed by atoms with Crippen molar-refractivity contribution in [2.45, 2.75) is 9.54 Å². The number of allylic oxidation sites excluding steroid dienone is 5. The summed E-state index contributed by atoms with van der Waals surface area (Å²) in [6.45, 7) is 0. The van der Waals surface area contributed by atoms with E-state index >= 15 is 0 Å². The summed E-state index contributed by atoms with van der Waals surface area (Å²) in [5.74, 6) is 0. The Bertz CT molecular complexity index is 543. The first-order valence-corrected chi connectivity index (χ1v) is 18.1. The average Bonchev–Trinajstić information content (AvgIpc) is 2.96. The Labute approximate surface area is 121 Å². The number of halogens is 2. The van der Waals surface area contributed by atoms with Gasteiger partial charge in [-0.15, -0.1) is 0 Å².